The highest BCUT2D eigenvalue weighted by Gasteiger charge is 2.23. The summed E-state index contributed by atoms with van der Waals surface area (Å²) in [6, 6.07) is 0. The number of amides is 1. The third-order valence-electron chi connectivity index (χ3n) is 3.37. The SMILES string of the molecule is CC1CCC(CNC(=O)C(C)(C)C)CC1. The van der Waals surface area contributed by atoms with E-state index in [-0.39, 0.29) is 11.3 Å². The van der Waals surface area contributed by atoms with Gasteiger partial charge in [-0.1, -0.05) is 40.5 Å². The Morgan fingerprint density at radius 2 is 1.73 bits per heavy atom. The van der Waals surface area contributed by atoms with Gasteiger partial charge in [0.15, 0.2) is 0 Å². The number of carbonyl (C=O) groups excluding carboxylic acids is 1. The van der Waals surface area contributed by atoms with Crippen molar-refractivity contribution in [1.29, 1.82) is 0 Å². The monoisotopic (exact) mass is 211 g/mol. The van der Waals surface area contributed by atoms with Crippen molar-refractivity contribution in [2.24, 2.45) is 17.3 Å². The summed E-state index contributed by atoms with van der Waals surface area (Å²) >= 11 is 0. The Balaban J connectivity index is 2.23. The van der Waals surface area contributed by atoms with E-state index in [1.807, 2.05) is 20.8 Å². The van der Waals surface area contributed by atoms with E-state index in [9.17, 15) is 4.79 Å². The van der Waals surface area contributed by atoms with Gasteiger partial charge in [0.05, 0.1) is 0 Å². The Morgan fingerprint density at radius 1 is 1.20 bits per heavy atom. The summed E-state index contributed by atoms with van der Waals surface area (Å²) in [5.74, 6) is 1.79. The zero-order valence-electron chi connectivity index (χ0n) is 10.6. The third kappa shape index (κ3) is 4.23. The molecule has 1 aliphatic rings. The molecule has 0 radical (unpaired) electrons. The van der Waals surface area contributed by atoms with Crippen LogP contribution < -0.4 is 5.32 Å². The molecule has 2 heteroatoms. The molecule has 1 fully saturated rings. The van der Waals surface area contributed by atoms with E-state index < -0.39 is 0 Å². The number of carbonyl (C=O) groups is 1. The smallest absolute Gasteiger partial charge is 0.225 e. The van der Waals surface area contributed by atoms with Crippen LogP contribution in [0.1, 0.15) is 53.4 Å². The Morgan fingerprint density at radius 3 is 2.20 bits per heavy atom. The number of hydrogen-bond acceptors (Lipinski definition) is 1. The molecular formula is C13H25NO. The quantitative estimate of drug-likeness (QED) is 0.747. The second kappa shape index (κ2) is 5.00. The summed E-state index contributed by atoms with van der Waals surface area (Å²) in [5.41, 5.74) is -0.248. The van der Waals surface area contributed by atoms with Gasteiger partial charge in [-0.05, 0) is 24.7 Å². The molecule has 0 aromatic carbocycles. The summed E-state index contributed by atoms with van der Waals surface area (Å²) in [5, 5.41) is 3.07. The molecule has 0 aromatic heterocycles. The lowest BCUT2D eigenvalue weighted by molar-refractivity contribution is -0.128. The van der Waals surface area contributed by atoms with Gasteiger partial charge in [-0.15, -0.1) is 0 Å². The van der Waals surface area contributed by atoms with E-state index in [2.05, 4.69) is 12.2 Å². The normalized spacial score (nSPS) is 27.5. The molecule has 1 aliphatic carbocycles. The van der Waals surface area contributed by atoms with Crippen LogP contribution in [0.2, 0.25) is 0 Å². The third-order valence-corrected chi connectivity index (χ3v) is 3.37. The van der Waals surface area contributed by atoms with E-state index in [4.69, 9.17) is 0 Å². The van der Waals surface area contributed by atoms with Crippen molar-refractivity contribution in [3.63, 3.8) is 0 Å². The van der Waals surface area contributed by atoms with Crippen molar-refractivity contribution in [2.75, 3.05) is 6.54 Å². The van der Waals surface area contributed by atoms with Crippen LogP contribution in [0.5, 0.6) is 0 Å². The summed E-state index contributed by atoms with van der Waals surface area (Å²) in [7, 11) is 0. The van der Waals surface area contributed by atoms with Crippen molar-refractivity contribution in [3.8, 4) is 0 Å². The van der Waals surface area contributed by atoms with Gasteiger partial charge in [0.1, 0.15) is 0 Å². The van der Waals surface area contributed by atoms with E-state index >= 15 is 0 Å². The molecule has 0 spiro atoms. The Bertz CT molecular complexity index is 209. The molecule has 15 heavy (non-hydrogen) atoms. The minimum atomic E-state index is -0.248. The van der Waals surface area contributed by atoms with Crippen LogP contribution in [0.4, 0.5) is 0 Å². The highest BCUT2D eigenvalue weighted by atomic mass is 16.2. The van der Waals surface area contributed by atoms with Gasteiger partial charge in [-0.3, -0.25) is 4.79 Å². The average Bonchev–Trinajstić information content (AvgIpc) is 2.15. The molecule has 0 aromatic rings. The topological polar surface area (TPSA) is 29.1 Å². The molecule has 0 aliphatic heterocycles. The lowest BCUT2D eigenvalue weighted by Gasteiger charge is -2.27. The molecule has 0 heterocycles. The molecular weight excluding hydrogens is 186 g/mol. The summed E-state index contributed by atoms with van der Waals surface area (Å²) in [6.45, 7) is 9.09. The average molecular weight is 211 g/mol. The first-order valence-electron chi connectivity index (χ1n) is 6.18. The predicted octanol–water partition coefficient (Wildman–Crippen LogP) is 2.98. The Hall–Kier alpha value is -0.530. The Labute approximate surface area is 93.8 Å². The van der Waals surface area contributed by atoms with Crippen LogP contribution in [-0.2, 0) is 4.79 Å². The van der Waals surface area contributed by atoms with Gasteiger partial charge < -0.3 is 5.32 Å². The van der Waals surface area contributed by atoms with Gasteiger partial charge in [0.25, 0.3) is 0 Å². The van der Waals surface area contributed by atoms with Crippen molar-refractivity contribution in [2.45, 2.75) is 53.4 Å². The van der Waals surface area contributed by atoms with Gasteiger partial charge >= 0.3 is 0 Å². The molecule has 1 saturated carbocycles. The fraction of sp³-hybridized carbons (Fsp3) is 0.923. The molecule has 88 valence electrons. The Kier molecular flexibility index (Phi) is 4.18. The minimum Gasteiger partial charge on any atom is -0.355 e. The van der Waals surface area contributed by atoms with E-state index in [0.29, 0.717) is 5.92 Å². The van der Waals surface area contributed by atoms with Gasteiger partial charge in [0.2, 0.25) is 5.91 Å². The molecule has 0 bridgehead atoms. The molecule has 1 amide bonds. The van der Waals surface area contributed by atoms with E-state index in [1.165, 1.54) is 25.7 Å². The first-order chi connectivity index (χ1) is 6.89. The second-order valence-corrected chi connectivity index (χ2v) is 6.09. The fourth-order valence-electron chi connectivity index (χ4n) is 2.04. The van der Waals surface area contributed by atoms with Gasteiger partial charge in [-0.2, -0.15) is 0 Å². The maximum Gasteiger partial charge on any atom is 0.225 e. The molecule has 0 saturated heterocycles. The molecule has 0 unspecified atom stereocenters. The molecule has 1 N–H and O–H groups in total. The van der Waals surface area contributed by atoms with Gasteiger partial charge in [0, 0.05) is 12.0 Å². The van der Waals surface area contributed by atoms with Crippen LogP contribution in [0.3, 0.4) is 0 Å². The molecule has 1 rings (SSSR count). The van der Waals surface area contributed by atoms with Crippen LogP contribution in [-0.4, -0.2) is 12.5 Å². The van der Waals surface area contributed by atoms with Crippen LogP contribution in [0.15, 0.2) is 0 Å². The van der Waals surface area contributed by atoms with Crippen molar-refractivity contribution in [1.82, 2.24) is 5.32 Å². The maximum absolute atomic E-state index is 11.7. The number of nitrogens with one attached hydrogen (secondary N) is 1. The molecule has 0 atom stereocenters. The van der Waals surface area contributed by atoms with Crippen LogP contribution >= 0.6 is 0 Å². The maximum atomic E-state index is 11.7. The number of rotatable bonds is 2. The standard InChI is InChI=1S/C13H25NO/c1-10-5-7-11(8-6-10)9-14-12(15)13(2,3)4/h10-11H,5-9H2,1-4H3,(H,14,15). The van der Waals surface area contributed by atoms with Gasteiger partial charge in [-0.25, -0.2) is 0 Å². The second-order valence-electron chi connectivity index (χ2n) is 6.09. The van der Waals surface area contributed by atoms with Crippen LogP contribution in [0.25, 0.3) is 0 Å². The first-order valence-corrected chi connectivity index (χ1v) is 6.18. The van der Waals surface area contributed by atoms with Crippen LogP contribution in [0, 0.1) is 17.3 Å². The summed E-state index contributed by atoms with van der Waals surface area (Å²) in [4.78, 5) is 11.7. The molecule has 2 nitrogen and oxygen atoms in total. The minimum absolute atomic E-state index is 0.182. The lowest BCUT2D eigenvalue weighted by Crippen LogP contribution is -2.38. The zero-order chi connectivity index (χ0) is 11.5. The highest BCUT2D eigenvalue weighted by Crippen LogP contribution is 2.27. The van der Waals surface area contributed by atoms with Crippen molar-refractivity contribution >= 4 is 5.91 Å². The summed E-state index contributed by atoms with van der Waals surface area (Å²) < 4.78 is 0. The summed E-state index contributed by atoms with van der Waals surface area (Å²) in [6.07, 6.45) is 5.23. The number of hydrogen-bond donors (Lipinski definition) is 1. The van der Waals surface area contributed by atoms with E-state index in [1.54, 1.807) is 0 Å². The van der Waals surface area contributed by atoms with Crippen molar-refractivity contribution in [3.05, 3.63) is 0 Å². The highest BCUT2D eigenvalue weighted by molar-refractivity contribution is 5.81. The zero-order valence-corrected chi connectivity index (χ0v) is 10.6. The first kappa shape index (κ1) is 12.5. The predicted molar refractivity (Wildman–Crippen MR) is 63.6 cm³/mol. The fourth-order valence-corrected chi connectivity index (χ4v) is 2.04. The largest absolute Gasteiger partial charge is 0.355 e. The van der Waals surface area contributed by atoms with E-state index in [0.717, 1.165) is 12.5 Å². The lowest BCUT2D eigenvalue weighted by atomic mass is 9.83. The van der Waals surface area contributed by atoms with Crippen molar-refractivity contribution < 1.29 is 4.79 Å².